The summed E-state index contributed by atoms with van der Waals surface area (Å²) in [6.07, 6.45) is 4.85. The fourth-order valence-electron chi connectivity index (χ4n) is 3.20. The molecule has 22 heavy (non-hydrogen) atoms. The highest BCUT2D eigenvalue weighted by molar-refractivity contribution is 5.91. The van der Waals surface area contributed by atoms with Gasteiger partial charge in [-0.25, -0.2) is 0 Å². The summed E-state index contributed by atoms with van der Waals surface area (Å²) in [6.45, 7) is 6.13. The Morgan fingerprint density at radius 3 is 2.50 bits per heavy atom. The molecule has 0 spiro atoms. The van der Waals surface area contributed by atoms with Gasteiger partial charge in [-0.3, -0.25) is 9.59 Å². The lowest BCUT2D eigenvalue weighted by atomic mass is 10.1. The number of rotatable bonds is 5. The molecular weight excluding hydrogens is 276 g/mol. The van der Waals surface area contributed by atoms with Crippen molar-refractivity contribution in [2.45, 2.75) is 58.9 Å². The van der Waals surface area contributed by atoms with Crippen LogP contribution in [-0.4, -0.2) is 29.3 Å². The molecule has 0 atom stereocenters. The van der Waals surface area contributed by atoms with Crippen LogP contribution in [0.5, 0.6) is 0 Å². The van der Waals surface area contributed by atoms with E-state index in [-0.39, 0.29) is 11.8 Å². The Kier molecular flexibility index (Phi) is 5.58. The molecule has 0 bridgehead atoms. The fraction of sp³-hybridized carbons (Fsp3) is 0.556. The van der Waals surface area contributed by atoms with E-state index in [1.807, 2.05) is 30.9 Å². The van der Waals surface area contributed by atoms with Gasteiger partial charge in [0.2, 0.25) is 11.8 Å². The first-order valence-corrected chi connectivity index (χ1v) is 8.11. The molecular formula is C18H26N2O2. The average Bonchev–Trinajstić information content (AvgIpc) is 2.96. The fourth-order valence-corrected chi connectivity index (χ4v) is 3.20. The first-order valence-electron chi connectivity index (χ1n) is 8.11. The number of benzene rings is 1. The van der Waals surface area contributed by atoms with E-state index >= 15 is 0 Å². The van der Waals surface area contributed by atoms with Crippen molar-refractivity contribution in [3.8, 4) is 0 Å². The Balaban J connectivity index is 1.89. The molecule has 4 nitrogen and oxygen atoms in total. The van der Waals surface area contributed by atoms with Gasteiger partial charge in [-0.2, -0.15) is 0 Å². The zero-order valence-corrected chi connectivity index (χ0v) is 13.8. The largest absolute Gasteiger partial charge is 0.339 e. The zero-order valence-electron chi connectivity index (χ0n) is 13.8. The van der Waals surface area contributed by atoms with Gasteiger partial charge in [-0.05, 0) is 38.3 Å². The highest BCUT2D eigenvalue weighted by Gasteiger charge is 2.24. The highest BCUT2D eigenvalue weighted by atomic mass is 16.2. The third-order valence-electron chi connectivity index (χ3n) is 4.41. The maximum Gasteiger partial charge on any atom is 0.226 e. The number of nitrogens with one attached hydrogen (secondary N) is 1. The number of hydrogen-bond acceptors (Lipinski definition) is 2. The van der Waals surface area contributed by atoms with Crippen LogP contribution in [0.15, 0.2) is 18.2 Å². The third-order valence-corrected chi connectivity index (χ3v) is 4.41. The molecule has 2 rings (SSSR count). The number of carbonyl (C=O) groups is 2. The summed E-state index contributed by atoms with van der Waals surface area (Å²) in [6, 6.07) is 6.30. The van der Waals surface area contributed by atoms with E-state index in [9.17, 15) is 9.59 Å². The van der Waals surface area contributed by atoms with Crippen LogP contribution in [0.2, 0.25) is 0 Å². The van der Waals surface area contributed by atoms with Crippen molar-refractivity contribution in [2.75, 3.05) is 11.9 Å². The van der Waals surface area contributed by atoms with Crippen molar-refractivity contribution in [1.82, 2.24) is 4.90 Å². The number of nitrogens with zero attached hydrogens (tertiary/aromatic N) is 1. The first-order chi connectivity index (χ1) is 10.5. The standard InChI is InChI=1S/C18H26N2O2/c1-13-8-9-17(14(2)12-13)19-18(22)10-11-20(15(3)21)16-6-4-5-7-16/h8-9,12,16H,4-7,10-11H2,1-3H3,(H,19,22). The molecule has 1 aliphatic carbocycles. The van der Waals surface area contributed by atoms with Gasteiger partial charge in [0.15, 0.2) is 0 Å². The normalized spacial score (nSPS) is 14.9. The molecule has 2 amide bonds. The third kappa shape index (κ3) is 4.33. The molecule has 120 valence electrons. The van der Waals surface area contributed by atoms with E-state index in [1.165, 1.54) is 18.4 Å². The van der Waals surface area contributed by atoms with Crippen molar-refractivity contribution < 1.29 is 9.59 Å². The average molecular weight is 302 g/mol. The zero-order chi connectivity index (χ0) is 16.1. The summed E-state index contributed by atoms with van der Waals surface area (Å²) in [7, 11) is 0. The van der Waals surface area contributed by atoms with Crippen LogP contribution in [-0.2, 0) is 9.59 Å². The van der Waals surface area contributed by atoms with Crippen molar-refractivity contribution in [1.29, 1.82) is 0 Å². The summed E-state index contributed by atoms with van der Waals surface area (Å²) in [5.74, 6) is 0.0439. The minimum absolute atomic E-state index is 0.0313. The molecule has 0 aliphatic heterocycles. The van der Waals surface area contributed by atoms with Gasteiger partial charge < -0.3 is 10.2 Å². The smallest absolute Gasteiger partial charge is 0.226 e. The van der Waals surface area contributed by atoms with Crippen LogP contribution >= 0.6 is 0 Å². The van der Waals surface area contributed by atoms with Crippen molar-refractivity contribution in [2.24, 2.45) is 0 Å². The first kappa shape index (κ1) is 16.5. The maximum atomic E-state index is 12.1. The molecule has 0 saturated heterocycles. The molecule has 0 heterocycles. The van der Waals surface area contributed by atoms with Crippen LogP contribution in [0, 0.1) is 13.8 Å². The summed E-state index contributed by atoms with van der Waals surface area (Å²) in [4.78, 5) is 25.8. The van der Waals surface area contributed by atoms with E-state index < -0.39 is 0 Å². The minimum atomic E-state index is -0.0313. The molecule has 1 aliphatic rings. The molecule has 0 radical (unpaired) electrons. The lowest BCUT2D eigenvalue weighted by molar-refractivity contribution is -0.131. The Morgan fingerprint density at radius 1 is 1.23 bits per heavy atom. The predicted octanol–water partition coefficient (Wildman–Crippen LogP) is 3.42. The molecule has 0 unspecified atom stereocenters. The Labute approximate surface area is 132 Å². The van der Waals surface area contributed by atoms with Crippen LogP contribution in [0.4, 0.5) is 5.69 Å². The number of hydrogen-bond donors (Lipinski definition) is 1. The lowest BCUT2D eigenvalue weighted by Crippen LogP contribution is -2.39. The van der Waals surface area contributed by atoms with Gasteiger partial charge in [0.25, 0.3) is 0 Å². The van der Waals surface area contributed by atoms with Gasteiger partial charge in [0, 0.05) is 31.6 Å². The van der Waals surface area contributed by atoms with Gasteiger partial charge in [-0.15, -0.1) is 0 Å². The molecule has 1 saturated carbocycles. The second-order valence-electron chi connectivity index (χ2n) is 6.27. The van der Waals surface area contributed by atoms with Crippen LogP contribution in [0.1, 0.15) is 50.2 Å². The molecule has 4 heteroatoms. The number of aryl methyl sites for hydroxylation is 2. The van der Waals surface area contributed by atoms with E-state index in [4.69, 9.17) is 0 Å². The number of amides is 2. The predicted molar refractivity (Wildman–Crippen MR) is 88.8 cm³/mol. The van der Waals surface area contributed by atoms with Gasteiger partial charge in [0.05, 0.1) is 0 Å². The summed E-state index contributed by atoms with van der Waals surface area (Å²) >= 11 is 0. The summed E-state index contributed by atoms with van der Waals surface area (Å²) in [5, 5.41) is 2.95. The van der Waals surface area contributed by atoms with Crippen molar-refractivity contribution in [3.63, 3.8) is 0 Å². The van der Waals surface area contributed by atoms with E-state index in [1.54, 1.807) is 6.92 Å². The van der Waals surface area contributed by atoms with E-state index in [0.717, 1.165) is 24.1 Å². The summed E-state index contributed by atoms with van der Waals surface area (Å²) < 4.78 is 0. The van der Waals surface area contributed by atoms with E-state index in [2.05, 4.69) is 11.4 Å². The molecule has 1 aromatic carbocycles. The van der Waals surface area contributed by atoms with Gasteiger partial charge in [-0.1, -0.05) is 30.5 Å². The maximum absolute atomic E-state index is 12.1. The molecule has 1 N–H and O–H groups in total. The second-order valence-corrected chi connectivity index (χ2v) is 6.27. The van der Waals surface area contributed by atoms with Gasteiger partial charge >= 0.3 is 0 Å². The highest BCUT2D eigenvalue weighted by Crippen LogP contribution is 2.24. The SMILES string of the molecule is CC(=O)N(CCC(=O)Nc1ccc(C)cc1C)C1CCCC1. The molecule has 1 aromatic rings. The second kappa shape index (κ2) is 7.43. The van der Waals surface area contributed by atoms with Crippen molar-refractivity contribution >= 4 is 17.5 Å². The van der Waals surface area contributed by atoms with E-state index in [0.29, 0.717) is 19.0 Å². The molecule has 1 fully saturated rings. The number of anilines is 1. The van der Waals surface area contributed by atoms with Crippen LogP contribution in [0.25, 0.3) is 0 Å². The quantitative estimate of drug-likeness (QED) is 0.906. The minimum Gasteiger partial charge on any atom is -0.339 e. The molecule has 0 aromatic heterocycles. The van der Waals surface area contributed by atoms with Crippen LogP contribution in [0.3, 0.4) is 0 Å². The summed E-state index contributed by atoms with van der Waals surface area (Å²) in [5.41, 5.74) is 3.10. The van der Waals surface area contributed by atoms with Gasteiger partial charge in [0.1, 0.15) is 0 Å². The Hall–Kier alpha value is -1.84. The Morgan fingerprint density at radius 2 is 1.91 bits per heavy atom. The lowest BCUT2D eigenvalue weighted by Gasteiger charge is -2.27. The van der Waals surface area contributed by atoms with Crippen molar-refractivity contribution in [3.05, 3.63) is 29.3 Å². The topological polar surface area (TPSA) is 49.4 Å². The van der Waals surface area contributed by atoms with Crippen LogP contribution < -0.4 is 5.32 Å². The Bertz CT molecular complexity index is 548. The number of carbonyl (C=O) groups excluding carboxylic acids is 2. The monoisotopic (exact) mass is 302 g/mol.